The van der Waals surface area contributed by atoms with Crippen molar-refractivity contribution in [2.24, 2.45) is 11.8 Å². The summed E-state index contributed by atoms with van der Waals surface area (Å²) in [6.45, 7) is 8.70. The van der Waals surface area contributed by atoms with E-state index in [0.29, 0.717) is 22.2 Å². The second kappa shape index (κ2) is 24.2. The molecular weight excluding hydrogens is 896 g/mol. The van der Waals surface area contributed by atoms with Crippen LogP contribution in [0, 0.1) is 11.8 Å². The Morgan fingerprint density at radius 1 is 0.776 bits per heavy atom. The summed E-state index contributed by atoms with van der Waals surface area (Å²) in [5, 5.41) is 9.36. The molecule has 1 N–H and O–H groups in total. The number of esters is 2. The molecule has 6 aromatic heterocycles. The fourth-order valence-corrected chi connectivity index (χ4v) is 5.62. The number of pyridine rings is 4. The molecule has 0 saturated carbocycles. The van der Waals surface area contributed by atoms with Crippen LogP contribution < -0.4 is 129 Å². The van der Waals surface area contributed by atoms with Crippen LogP contribution in [0.15, 0.2) is 58.9 Å². The van der Waals surface area contributed by atoms with E-state index in [1.165, 1.54) is 53.9 Å². The van der Waals surface area contributed by atoms with Crippen molar-refractivity contribution in [2.75, 3.05) is 0 Å². The zero-order chi connectivity index (χ0) is 41.3. The Labute approximate surface area is 435 Å². The Kier molecular flexibility index (Phi) is 21.6. The third-order valence-electron chi connectivity index (χ3n) is 7.23. The molecule has 58 heavy (non-hydrogen) atoms. The van der Waals surface area contributed by atoms with E-state index in [1.54, 1.807) is 34.6 Å². The molecule has 6 rings (SSSR count). The molecule has 0 radical (unpaired) electrons. The fourth-order valence-electron chi connectivity index (χ4n) is 4.67. The standard InChI is InChI=1S/C18H16Cl2N4O3.C16H12Cl2N4O3.CH2O3.2K.H/c1-4-24-16-14(21-5-6-22-16)15(27-18(26)9(2)3)12(17(24)25)13-11(20)7-10(19)8-23-13;1-7(2)16(24)25-13-10(11-9(18)5-8(17)6-21-11)15(23)22-14-12(13)19-3-4-20-14;2-1-4-3;;;/h5-9H,4H2,1-3H3;3-7H,1-2H3,(H,20,22,23);1,3H;;;/q;;;2*+1;-1/p-1. The molecule has 0 aliphatic carbocycles. The van der Waals surface area contributed by atoms with Crippen LogP contribution in [0.25, 0.3) is 44.8 Å². The molecule has 6 aromatic rings. The quantitative estimate of drug-likeness (QED) is 0.0670. The zero-order valence-corrected chi connectivity index (χ0v) is 41.1. The Hall–Kier alpha value is -2.32. The van der Waals surface area contributed by atoms with E-state index in [1.807, 2.05) is 0 Å². The van der Waals surface area contributed by atoms with E-state index in [0.717, 1.165) is 0 Å². The van der Waals surface area contributed by atoms with Crippen molar-refractivity contribution in [3.8, 4) is 34.0 Å². The van der Waals surface area contributed by atoms with E-state index in [4.69, 9.17) is 65.9 Å². The Bertz CT molecular complexity index is 2570. The molecule has 0 bridgehead atoms. The van der Waals surface area contributed by atoms with Crippen LogP contribution >= 0.6 is 46.4 Å². The molecule has 0 aromatic carbocycles. The summed E-state index contributed by atoms with van der Waals surface area (Å²) in [4.78, 5) is 89.1. The number of ether oxygens (including phenoxy) is 2. The van der Waals surface area contributed by atoms with E-state index in [-0.39, 0.29) is 171 Å². The molecule has 0 aliphatic rings. The summed E-state index contributed by atoms with van der Waals surface area (Å²) >= 11 is 24.3. The van der Waals surface area contributed by atoms with Gasteiger partial charge in [-0.05, 0) is 19.1 Å². The molecule has 17 nitrogen and oxygen atoms in total. The first-order valence-corrected chi connectivity index (χ1v) is 17.7. The largest absolute Gasteiger partial charge is 1.00 e. The van der Waals surface area contributed by atoms with Crippen LogP contribution in [0.5, 0.6) is 11.5 Å². The van der Waals surface area contributed by atoms with Crippen molar-refractivity contribution in [2.45, 2.75) is 41.2 Å². The van der Waals surface area contributed by atoms with Gasteiger partial charge in [-0.15, -0.1) is 0 Å². The number of H-pyrrole nitrogens is 1. The minimum Gasteiger partial charge on any atom is -1.00 e. The van der Waals surface area contributed by atoms with Gasteiger partial charge >= 0.3 is 115 Å². The van der Waals surface area contributed by atoms with E-state index >= 15 is 0 Å². The fraction of sp³-hybridized carbons (Fsp3) is 0.229. The van der Waals surface area contributed by atoms with E-state index in [2.05, 4.69) is 39.8 Å². The van der Waals surface area contributed by atoms with Crippen molar-refractivity contribution in [3.05, 3.63) is 90.1 Å². The monoisotopic (exact) mass is 924 g/mol. The second-order valence-electron chi connectivity index (χ2n) is 11.7. The summed E-state index contributed by atoms with van der Waals surface area (Å²) in [5.41, 5.74) is 0.320. The maximum atomic E-state index is 13.2. The zero-order valence-electron chi connectivity index (χ0n) is 32.9. The molecular formula is C35H30Cl4K2N8O9. The topological polar surface area (TPSA) is 234 Å². The van der Waals surface area contributed by atoms with Gasteiger partial charge in [-0.25, -0.2) is 19.9 Å². The number of hydrogen-bond donors (Lipinski definition) is 1. The van der Waals surface area contributed by atoms with Gasteiger partial charge in [0.1, 0.15) is 22.2 Å². The molecule has 23 heteroatoms. The van der Waals surface area contributed by atoms with Crippen LogP contribution in [0.1, 0.15) is 36.0 Å². The van der Waals surface area contributed by atoms with Crippen LogP contribution in [0.3, 0.4) is 0 Å². The second-order valence-corrected chi connectivity index (χ2v) is 13.4. The van der Waals surface area contributed by atoms with Gasteiger partial charge < -0.3 is 26.0 Å². The molecule has 6 heterocycles. The summed E-state index contributed by atoms with van der Waals surface area (Å²) < 4.78 is 12.4. The minimum absolute atomic E-state index is 0. The first-order chi connectivity index (χ1) is 26.6. The van der Waals surface area contributed by atoms with Gasteiger partial charge in [-0.3, -0.25) is 38.5 Å². The molecule has 0 amide bonds. The number of carbonyl (C=O) groups excluding carboxylic acids is 3. The molecule has 0 aliphatic heterocycles. The van der Waals surface area contributed by atoms with Crippen LogP contribution in [0.4, 0.5) is 0 Å². The van der Waals surface area contributed by atoms with Crippen molar-refractivity contribution < 1.29 is 138 Å². The minimum atomic E-state index is -0.559. The molecule has 0 fully saturated rings. The van der Waals surface area contributed by atoms with Crippen LogP contribution in [0.2, 0.25) is 20.1 Å². The number of aromatic amines is 1. The third-order valence-corrected chi connectivity index (χ3v) is 8.22. The van der Waals surface area contributed by atoms with Gasteiger partial charge in [0.05, 0.1) is 43.3 Å². The number of rotatable bonds is 8. The SMILES string of the molecule is CC(C)C(=O)Oc1c(-c2ncc(Cl)cc2Cl)c(=O)[nH]c2nccnc12.CCn1c(=O)c(-c2ncc(Cl)cc2Cl)c(OC(=O)C(C)C)c2nccnc21.O=CO[O-].[H-].[K+].[K+]. The summed E-state index contributed by atoms with van der Waals surface area (Å²) in [6.07, 6.45) is 8.48. The predicted octanol–water partition coefficient (Wildman–Crippen LogP) is -0.455. The predicted molar refractivity (Wildman–Crippen MR) is 205 cm³/mol. The Morgan fingerprint density at radius 3 is 1.69 bits per heavy atom. The average molecular weight is 927 g/mol. The molecule has 0 unspecified atom stereocenters. The van der Waals surface area contributed by atoms with Crippen molar-refractivity contribution in [1.82, 2.24) is 39.5 Å². The number of nitrogens with zero attached hydrogens (tertiary/aromatic N) is 7. The maximum absolute atomic E-state index is 13.2. The van der Waals surface area contributed by atoms with Gasteiger partial charge in [0.2, 0.25) is 0 Å². The summed E-state index contributed by atoms with van der Waals surface area (Å²) in [5.74, 6) is -1.91. The Morgan fingerprint density at radius 2 is 1.22 bits per heavy atom. The van der Waals surface area contributed by atoms with Crippen LogP contribution in [-0.4, -0.2) is 57.9 Å². The number of aryl methyl sites for hydroxylation is 1. The molecule has 0 atom stereocenters. The van der Waals surface area contributed by atoms with Gasteiger partial charge in [-0.2, -0.15) is 0 Å². The normalized spacial score (nSPS) is 10.3. The summed E-state index contributed by atoms with van der Waals surface area (Å²) in [6, 6.07) is 2.91. The van der Waals surface area contributed by atoms with Crippen molar-refractivity contribution in [1.29, 1.82) is 0 Å². The maximum Gasteiger partial charge on any atom is 1.00 e. The van der Waals surface area contributed by atoms with E-state index < -0.39 is 34.9 Å². The number of fused-ring (bicyclic) bond motifs is 2. The number of carbonyl (C=O) groups is 3. The number of halogens is 4. The van der Waals surface area contributed by atoms with Crippen molar-refractivity contribution in [3.63, 3.8) is 0 Å². The smallest absolute Gasteiger partial charge is 1.00 e. The molecule has 294 valence electrons. The van der Waals surface area contributed by atoms with Crippen LogP contribution in [-0.2, 0) is 25.8 Å². The third kappa shape index (κ3) is 12.6. The van der Waals surface area contributed by atoms with Gasteiger partial charge in [0.25, 0.3) is 17.6 Å². The Balaban J connectivity index is 0.000000518. The van der Waals surface area contributed by atoms with Gasteiger partial charge in [0.15, 0.2) is 22.8 Å². The summed E-state index contributed by atoms with van der Waals surface area (Å²) in [7, 11) is 0. The average Bonchev–Trinajstić information content (AvgIpc) is 3.16. The first kappa shape index (κ1) is 51.8. The number of nitrogens with one attached hydrogen (secondary N) is 1. The molecule has 0 spiro atoms. The van der Waals surface area contributed by atoms with Gasteiger partial charge in [0, 0.05) is 43.7 Å². The first-order valence-electron chi connectivity index (χ1n) is 16.2. The van der Waals surface area contributed by atoms with E-state index in [9.17, 15) is 19.2 Å². The molecule has 0 saturated heterocycles. The number of hydrogen-bond acceptors (Lipinski definition) is 15. The number of aromatic nitrogens is 8. The van der Waals surface area contributed by atoms with Crippen molar-refractivity contribution >= 4 is 87.1 Å². The van der Waals surface area contributed by atoms with Gasteiger partial charge in [-0.1, -0.05) is 74.1 Å².